The van der Waals surface area contributed by atoms with E-state index in [4.69, 9.17) is 5.11 Å². The second-order valence-electron chi connectivity index (χ2n) is 1.00. The molecule has 0 unspecified atom stereocenters. The van der Waals surface area contributed by atoms with Gasteiger partial charge in [-0.3, -0.25) is 0 Å². The Morgan fingerprint density at radius 3 is 2.20 bits per heavy atom. The first-order valence-electron chi connectivity index (χ1n) is 1.51. The van der Waals surface area contributed by atoms with E-state index in [2.05, 4.69) is 22.6 Å². The highest BCUT2D eigenvalue weighted by Gasteiger charge is 1.83. The number of hydrogen-bond donors (Lipinski definition) is 1. The van der Waals surface area contributed by atoms with Crippen molar-refractivity contribution in [2.24, 2.45) is 0 Å². The lowest BCUT2D eigenvalue weighted by atomic mass is 10.5. The van der Waals surface area contributed by atoms with Crippen molar-refractivity contribution >= 4 is 22.6 Å². The van der Waals surface area contributed by atoms with E-state index in [0.717, 1.165) is 4.43 Å². The van der Waals surface area contributed by atoms with Gasteiger partial charge >= 0.3 is 0 Å². The third-order valence-electron chi connectivity index (χ3n) is 0.223. The zero-order chi connectivity index (χ0) is 4.28. The molecule has 0 aromatic rings. The molecule has 0 aromatic heterocycles. The maximum Gasteiger partial charge on any atom is 0.0601 e. The maximum absolute atomic E-state index is 8.35. The van der Waals surface area contributed by atoms with Gasteiger partial charge in [0.15, 0.2) is 0 Å². The van der Waals surface area contributed by atoms with E-state index in [1.54, 1.807) is 6.92 Å². The fourth-order valence-corrected chi connectivity index (χ4v) is 0. The predicted molar refractivity (Wildman–Crippen MR) is 30.6 cm³/mol. The van der Waals surface area contributed by atoms with Crippen LogP contribution >= 0.6 is 22.6 Å². The molecule has 0 spiro atoms. The molecule has 32 valence electrons. The Hall–Kier alpha value is 0.690. The molecule has 2 heteroatoms. The SMILES string of the molecule is C[C@@H](O)CI. The van der Waals surface area contributed by atoms with Gasteiger partial charge in [-0.05, 0) is 6.92 Å². The van der Waals surface area contributed by atoms with Gasteiger partial charge in [-0.25, -0.2) is 0 Å². The molecule has 1 N–H and O–H groups in total. The van der Waals surface area contributed by atoms with Crippen LogP contribution in [0, 0.1) is 0 Å². The lowest BCUT2D eigenvalue weighted by molar-refractivity contribution is 0.223. The minimum atomic E-state index is -0.129. The lowest BCUT2D eigenvalue weighted by Gasteiger charge is -1.89. The van der Waals surface area contributed by atoms with Crippen molar-refractivity contribution in [1.82, 2.24) is 0 Å². The topological polar surface area (TPSA) is 20.2 Å². The highest BCUT2D eigenvalue weighted by molar-refractivity contribution is 14.1. The Morgan fingerprint density at radius 1 is 2.00 bits per heavy atom. The van der Waals surface area contributed by atoms with Gasteiger partial charge in [0.2, 0.25) is 0 Å². The van der Waals surface area contributed by atoms with Crippen molar-refractivity contribution in [1.29, 1.82) is 0 Å². The Kier molecular flexibility index (Phi) is 3.30. The smallest absolute Gasteiger partial charge is 0.0601 e. The summed E-state index contributed by atoms with van der Waals surface area (Å²) in [7, 11) is 0. The normalized spacial score (nSPS) is 15.0. The van der Waals surface area contributed by atoms with E-state index in [9.17, 15) is 0 Å². The van der Waals surface area contributed by atoms with Gasteiger partial charge in [0, 0.05) is 4.43 Å². The van der Waals surface area contributed by atoms with Gasteiger partial charge in [0.25, 0.3) is 0 Å². The molecule has 0 rings (SSSR count). The molecule has 0 aromatic carbocycles. The molecule has 0 fully saturated rings. The first-order valence-corrected chi connectivity index (χ1v) is 3.04. The highest BCUT2D eigenvalue weighted by Crippen LogP contribution is 1.85. The highest BCUT2D eigenvalue weighted by atomic mass is 127. The van der Waals surface area contributed by atoms with E-state index >= 15 is 0 Å². The van der Waals surface area contributed by atoms with E-state index in [1.807, 2.05) is 0 Å². The standard InChI is InChI=1S/C3H7IO/c1-3(5)2-4/h3,5H,2H2,1H3/t3-/m1/s1. The van der Waals surface area contributed by atoms with Crippen molar-refractivity contribution in [2.75, 3.05) is 4.43 Å². The number of alkyl halides is 1. The van der Waals surface area contributed by atoms with Crippen LogP contribution in [0.15, 0.2) is 0 Å². The van der Waals surface area contributed by atoms with Crippen LogP contribution in [0.1, 0.15) is 6.92 Å². The summed E-state index contributed by atoms with van der Waals surface area (Å²) < 4.78 is 0.831. The third-order valence-corrected chi connectivity index (χ3v) is 1.50. The molecule has 0 saturated carbocycles. The summed E-state index contributed by atoms with van der Waals surface area (Å²) >= 11 is 2.13. The molecule has 0 heterocycles. The Morgan fingerprint density at radius 2 is 2.20 bits per heavy atom. The lowest BCUT2D eigenvalue weighted by Crippen LogP contribution is -1.97. The van der Waals surface area contributed by atoms with Gasteiger partial charge in [-0.2, -0.15) is 0 Å². The number of hydrogen-bond acceptors (Lipinski definition) is 1. The van der Waals surface area contributed by atoms with Crippen molar-refractivity contribution in [3.05, 3.63) is 0 Å². The van der Waals surface area contributed by atoms with Gasteiger partial charge in [-0.15, -0.1) is 0 Å². The second kappa shape index (κ2) is 2.90. The fraction of sp³-hybridized carbons (Fsp3) is 1.00. The van der Waals surface area contributed by atoms with Crippen molar-refractivity contribution < 1.29 is 5.11 Å². The molecule has 0 aliphatic carbocycles. The molecule has 5 heavy (non-hydrogen) atoms. The number of halogens is 1. The van der Waals surface area contributed by atoms with Crippen LogP contribution in [0.4, 0.5) is 0 Å². The molecule has 1 nitrogen and oxygen atoms in total. The van der Waals surface area contributed by atoms with Crippen molar-refractivity contribution in [3.63, 3.8) is 0 Å². The van der Waals surface area contributed by atoms with Crippen LogP contribution in [0.3, 0.4) is 0 Å². The number of aliphatic hydroxyl groups excluding tert-OH is 1. The van der Waals surface area contributed by atoms with Crippen LogP contribution in [0.2, 0.25) is 0 Å². The van der Waals surface area contributed by atoms with Gasteiger partial charge in [0.05, 0.1) is 6.10 Å². The average Bonchev–Trinajstić information content (AvgIpc) is 1.38. The molecule has 0 aliphatic rings. The monoisotopic (exact) mass is 186 g/mol. The van der Waals surface area contributed by atoms with E-state index in [0.29, 0.717) is 0 Å². The zero-order valence-electron chi connectivity index (χ0n) is 3.11. The largest absolute Gasteiger partial charge is 0.393 e. The molecular formula is C3H7IO. The summed E-state index contributed by atoms with van der Waals surface area (Å²) in [5.41, 5.74) is 0. The van der Waals surface area contributed by atoms with Crippen molar-refractivity contribution in [3.8, 4) is 0 Å². The molecular weight excluding hydrogens is 179 g/mol. The number of rotatable bonds is 1. The zero-order valence-corrected chi connectivity index (χ0v) is 5.27. The van der Waals surface area contributed by atoms with Crippen LogP contribution in [-0.4, -0.2) is 15.6 Å². The first kappa shape index (κ1) is 5.69. The van der Waals surface area contributed by atoms with Crippen LogP contribution < -0.4 is 0 Å². The molecule has 0 radical (unpaired) electrons. The van der Waals surface area contributed by atoms with Gasteiger partial charge in [-0.1, -0.05) is 22.6 Å². The molecule has 0 bridgehead atoms. The summed E-state index contributed by atoms with van der Waals surface area (Å²) in [6.45, 7) is 1.77. The van der Waals surface area contributed by atoms with Crippen LogP contribution in [0.25, 0.3) is 0 Å². The van der Waals surface area contributed by atoms with Crippen LogP contribution in [-0.2, 0) is 0 Å². The third kappa shape index (κ3) is 4.69. The van der Waals surface area contributed by atoms with Gasteiger partial charge < -0.3 is 5.11 Å². The first-order chi connectivity index (χ1) is 2.27. The number of aliphatic hydroxyl groups is 1. The fourth-order valence-electron chi connectivity index (χ4n) is 0. The van der Waals surface area contributed by atoms with E-state index < -0.39 is 0 Å². The molecule has 0 saturated heterocycles. The van der Waals surface area contributed by atoms with Crippen LogP contribution in [0.5, 0.6) is 0 Å². The Balaban J connectivity index is 2.54. The Labute approximate surface area is 45.5 Å². The second-order valence-corrected chi connectivity index (χ2v) is 1.88. The molecule has 0 amide bonds. The summed E-state index contributed by atoms with van der Waals surface area (Å²) in [6, 6.07) is 0. The van der Waals surface area contributed by atoms with Crippen molar-refractivity contribution in [2.45, 2.75) is 13.0 Å². The average molecular weight is 186 g/mol. The van der Waals surface area contributed by atoms with Gasteiger partial charge in [0.1, 0.15) is 0 Å². The minimum Gasteiger partial charge on any atom is -0.393 e. The summed E-state index contributed by atoms with van der Waals surface area (Å²) in [6.07, 6.45) is -0.129. The summed E-state index contributed by atoms with van der Waals surface area (Å²) in [4.78, 5) is 0. The van der Waals surface area contributed by atoms with E-state index in [-0.39, 0.29) is 6.10 Å². The summed E-state index contributed by atoms with van der Waals surface area (Å²) in [5, 5.41) is 8.35. The quantitative estimate of drug-likeness (QED) is 0.474. The Bertz CT molecular complexity index is 20.9. The molecule has 0 aliphatic heterocycles. The summed E-state index contributed by atoms with van der Waals surface area (Å²) in [5.74, 6) is 0. The maximum atomic E-state index is 8.35. The minimum absolute atomic E-state index is 0.129. The molecule has 1 atom stereocenters. The predicted octanol–water partition coefficient (Wildman–Crippen LogP) is 0.802. The van der Waals surface area contributed by atoms with E-state index in [1.165, 1.54) is 0 Å².